The standard InChI is InChI=1S/C7H15NO4S/c1-6(2,3)12-5(9)8-4-7(10,11)13/h10-11,13H,4H2,1-3H3,(H,8,9). The summed E-state index contributed by atoms with van der Waals surface area (Å²) in [6.45, 7) is 4.72. The molecule has 6 heteroatoms. The Morgan fingerprint density at radius 1 is 1.46 bits per heavy atom. The molecule has 13 heavy (non-hydrogen) atoms. The number of hydrogen-bond acceptors (Lipinski definition) is 5. The van der Waals surface area contributed by atoms with Crippen LogP contribution in [0.2, 0.25) is 0 Å². The summed E-state index contributed by atoms with van der Waals surface area (Å²) in [4.78, 5) is 10.9. The van der Waals surface area contributed by atoms with E-state index in [0.29, 0.717) is 0 Å². The molecule has 0 aromatic heterocycles. The minimum Gasteiger partial charge on any atom is -0.444 e. The monoisotopic (exact) mass is 209 g/mol. The Hall–Kier alpha value is -0.460. The Morgan fingerprint density at radius 3 is 2.23 bits per heavy atom. The molecule has 0 aliphatic rings. The highest BCUT2D eigenvalue weighted by atomic mass is 32.1. The number of carbonyl (C=O) groups is 1. The van der Waals surface area contributed by atoms with Gasteiger partial charge in [-0.2, -0.15) is 0 Å². The number of ether oxygens (including phenoxy) is 1. The van der Waals surface area contributed by atoms with E-state index in [1.807, 2.05) is 0 Å². The second-order valence-corrected chi connectivity index (χ2v) is 4.35. The van der Waals surface area contributed by atoms with Gasteiger partial charge in [0.25, 0.3) is 0 Å². The van der Waals surface area contributed by atoms with Gasteiger partial charge in [-0.1, -0.05) is 0 Å². The van der Waals surface area contributed by atoms with Crippen molar-refractivity contribution >= 4 is 18.7 Å². The largest absolute Gasteiger partial charge is 0.444 e. The summed E-state index contributed by atoms with van der Waals surface area (Å²) in [5.74, 6) is 0. The molecule has 5 nitrogen and oxygen atoms in total. The number of aliphatic hydroxyl groups is 2. The van der Waals surface area contributed by atoms with Gasteiger partial charge in [-0.15, -0.1) is 12.6 Å². The van der Waals surface area contributed by atoms with Crippen molar-refractivity contribution in [3.8, 4) is 0 Å². The summed E-state index contributed by atoms with van der Waals surface area (Å²) in [6, 6.07) is 0. The van der Waals surface area contributed by atoms with Gasteiger partial charge in [0.1, 0.15) is 5.60 Å². The quantitative estimate of drug-likeness (QED) is 0.383. The molecule has 0 saturated carbocycles. The molecule has 0 aromatic carbocycles. The molecule has 78 valence electrons. The Morgan fingerprint density at radius 2 is 1.92 bits per heavy atom. The van der Waals surface area contributed by atoms with E-state index in [0.717, 1.165) is 0 Å². The lowest BCUT2D eigenvalue weighted by Crippen LogP contribution is -2.41. The van der Waals surface area contributed by atoms with Crippen molar-refractivity contribution in [1.29, 1.82) is 0 Å². The molecular weight excluding hydrogens is 194 g/mol. The van der Waals surface area contributed by atoms with E-state index in [-0.39, 0.29) is 0 Å². The van der Waals surface area contributed by atoms with Gasteiger partial charge in [0.05, 0.1) is 6.54 Å². The van der Waals surface area contributed by atoms with Crippen LogP contribution in [0.3, 0.4) is 0 Å². The third-order valence-corrected chi connectivity index (χ3v) is 1.03. The Bertz CT molecular complexity index is 182. The van der Waals surface area contributed by atoms with Crippen LogP contribution >= 0.6 is 12.6 Å². The van der Waals surface area contributed by atoms with Crippen LogP contribution in [0.4, 0.5) is 4.79 Å². The molecule has 0 aliphatic carbocycles. The number of thiol groups is 1. The second-order valence-electron chi connectivity index (χ2n) is 3.63. The molecule has 0 rings (SSSR count). The van der Waals surface area contributed by atoms with Gasteiger partial charge in [0, 0.05) is 0 Å². The lowest BCUT2D eigenvalue weighted by Gasteiger charge is -2.21. The summed E-state index contributed by atoms with van der Waals surface area (Å²) in [5.41, 5.74) is -0.603. The summed E-state index contributed by atoms with van der Waals surface area (Å²) in [5, 5.41) is 17.4. The van der Waals surface area contributed by atoms with Crippen molar-refractivity contribution in [3.05, 3.63) is 0 Å². The van der Waals surface area contributed by atoms with E-state index in [9.17, 15) is 4.79 Å². The number of alkyl carbamates (subject to hydrolysis) is 1. The number of hydrogen-bond donors (Lipinski definition) is 4. The van der Waals surface area contributed by atoms with Crippen LogP contribution < -0.4 is 5.32 Å². The summed E-state index contributed by atoms with van der Waals surface area (Å²) >= 11 is 3.38. The molecule has 0 heterocycles. The predicted molar refractivity (Wildman–Crippen MR) is 50.4 cm³/mol. The SMILES string of the molecule is CC(C)(C)OC(=O)NCC(O)(O)S. The van der Waals surface area contributed by atoms with E-state index in [2.05, 4.69) is 17.9 Å². The van der Waals surface area contributed by atoms with Gasteiger partial charge >= 0.3 is 6.09 Å². The first-order valence-corrected chi connectivity index (χ1v) is 4.19. The number of amides is 1. The fourth-order valence-corrected chi connectivity index (χ4v) is 0.584. The smallest absolute Gasteiger partial charge is 0.407 e. The molecule has 0 radical (unpaired) electrons. The molecule has 0 aromatic rings. The van der Waals surface area contributed by atoms with Gasteiger partial charge in [-0.25, -0.2) is 4.79 Å². The van der Waals surface area contributed by atoms with Crippen LogP contribution in [-0.4, -0.2) is 33.6 Å². The van der Waals surface area contributed by atoms with Crippen LogP contribution in [0, 0.1) is 0 Å². The maximum atomic E-state index is 10.9. The first-order chi connectivity index (χ1) is 5.60. The highest BCUT2D eigenvalue weighted by Gasteiger charge is 2.20. The average molecular weight is 209 g/mol. The van der Waals surface area contributed by atoms with E-state index >= 15 is 0 Å². The normalized spacial score (nSPS) is 12.5. The third-order valence-electron chi connectivity index (χ3n) is 0.869. The predicted octanol–water partition coefficient (Wildman–Crippen LogP) is 0.0793. The molecule has 0 fully saturated rings. The van der Waals surface area contributed by atoms with Crippen LogP contribution in [0.5, 0.6) is 0 Å². The van der Waals surface area contributed by atoms with Crippen molar-refractivity contribution in [1.82, 2.24) is 5.32 Å². The zero-order valence-corrected chi connectivity index (χ0v) is 8.76. The number of nitrogens with one attached hydrogen (secondary N) is 1. The maximum absolute atomic E-state index is 10.9. The fourth-order valence-electron chi connectivity index (χ4n) is 0.505. The van der Waals surface area contributed by atoms with Gasteiger partial charge in [-0.3, -0.25) is 0 Å². The van der Waals surface area contributed by atoms with Gasteiger partial charge in [-0.05, 0) is 20.8 Å². The number of carbonyl (C=O) groups excluding carboxylic acids is 1. The van der Waals surface area contributed by atoms with Crippen LogP contribution in [0.25, 0.3) is 0 Å². The van der Waals surface area contributed by atoms with Crippen molar-refractivity contribution in [2.24, 2.45) is 0 Å². The summed E-state index contributed by atoms with van der Waals surface area (Å²) in [6.07, 6.45) is -0.714. The molecule has 0 bridgehead atoms. The van der Waals surface area contributed by atoms with Crippen molar-refractivity contribution < 1.29 is 19.7 Å². The molecular formula is C7H15NO4S. The lowest BCUT2D eigenvalue weighted by atomic mass is 10.2. The van der Waals surface area contributed by atoms with E-state index in [1.165, 1.54) is 0 Å². The van der Waals surface area contributed by atoms with E-state index in [1.54, 1.807) is 20.8 Å². The molecule has 3 N–H and O–H groups in total. The molecule has 0 aliphatic heterocycles. The highest BCUT2D eigenvalue weighted by Crippen LogP contribution is 2.07. The van der Waals surface area contributed by atoms with Gasteiger partial charge < -0.3 is 20.3 Å². The Balaban J connectivity index is 3.78. The average Bonchev–Trinajstić information content (AvgIpc) is 1.78. The maximum Gasteiger partial charge on any atom is 0.407 e. The van der Waals surface area contributed by atoms with Crippen LogP contribution in [0.1, 0.15) is 20.8 Å². The minimum atomic E-state index is -2.21. The zero-order valence-electron chi connectivity index (χ0n) is 7.87. The molecule has 0 atom stereocenters. The molecule has 0 spiro atoms. The third kappa shape index (κ3) is 9.45. The minimum absolute atomic E-state index is 0.398. The van der Waals surface area contributed by atoms with Crippen LogP contribution in [0.15, 0.2) is 0 Å². The second kappa shape index (κ2) is 4.17. The Kier molecular flexibility index (Phi) is 4.02. The zero-order chi connectivity index (χ0) is 10.7. The first kappa shape index (κ1) is 12.5. The molecule has 1 amide bonds. The first-order valence-electron chi connectivity index (χ1n) is 3.74. The van der Waals surface area contributed by atoms with Crippen LogP contribution in [-0.2, 0) is 4.74 Å². The van der Waals surface area contributed by atoms with Crippen molar-refractivity contribution in [3.63, 3.8) is 0 Å². The van der Waals surface area contributed by atoms with Gasteiger partial charge in [0.2, 0.25) is 5.12 Å². The topological polar surface area (TPSA) is 78.8 Å². The molecule has 0 unspecified atom stereocenters. The number of rotatable bonds is 2. The summed E-state index contributed by atoms with van der Waals surface area (Å²) < 4.78 is 4.83. The lowest BCUT2D eigenvalue weighted by molar-refractivity contribution is -0.0715. The Labute approximate surface area is 82.5 Å². The van der Waals surface area contributed by atoms with Gasteiger partial charge in [0.15, 0.2) is 0 Å². The van der Waals surface area contributed by atoms with Crippen molar-refractivity contribution in [2.75, 3.05) is 6.54 Å². The summed E-state index contributed by atoms with van der Waals surface area (Å²) in [7, 11) is 0. The molecule has 0 saturated heterocycles. The van der Waals surface area contributed by atoms with E-state index in [4.69, 9.17) is 14.9 Å². The fraction of sp³-hybridized carbons (Fsp3) is 0.857. The van der Waals surface area contributed by atoms with E-state index < -0.39 is 23.4 Å². The van der Waals surface area contributed by atoms with Crippen molar-refractivity contribution in [2.45, 2.75) is 31.5 Å². The highest BCUT2D eigenvalue weighted by molar-refractivity contribution is 7.81.